The maximum Gasteiger partial charge on any atom is 0.335 e. The molecule has 0 bridgehead atoms. The Bertz CT molecular complexity index is 701. The summed E-state index contributed by atoms with van der Waals surface area (Å²) >= 11 is 1.61. The van der Waals surface area contributed by atoms with Crippen LogP contribution in [0.1, 0.15) is 34.1 Å². The fourth-order valence-electron chi connectivity index (χ4n) is 2.54. The van der Waals surface area contributed by atoms with Crippen LogP contribution in [0.4, 0.5) is 0 Å². The molecule has 0 radical (unpaired) electrons. The molecule has 0 saturated carbocycles. The number of thiophene rings is 1. The van der Waals surface area contributed by atoms with E-state index in [2.05, 4.69) is 5.43 Å². The Labute approximate surface area is 157 Å². The lowest BCUT2D eigenvalue weighted by Gasteiger charge is -2.23. The normalized spacial score (nSPS) is 11.9. The van der Waals surface area contributed by atoms with Gasteiger partial charge in [-0.3, -0.25) is 9.80 Å². The van der Waals surface area contributed by atoms with Gasteiger partial charge in [0, 0.05) is 31.3 Å². The average molecular weight is 376 g/mol. The van der Waals surface area contributed by atoms with Gasteiger partial charge in [-0.1, -0.05) is 18.2 Å². The van der Waals surface area contributed by atoms with Crippen molar-refractivity contribution < 1.29 is 19.8 Å². The van der Waals surface area contributed by atoms with Gasteiger partial charge in [0.1, 0.15) is 0 Å². The molecule has 1 aromatic heterocycles. The van der Waals surface area contributed by atoms with Gasteiger partial charge in [0.15, 0.2) is 0 Å². The van der Waals surface area contributed by atoms with E-state index in [-0.39, 0.29) is 11.5 Å². The smallest absolute Gasteiger partial charge is 0.335 e. The van der Waals surface area contributed by atoms with Crippen LogP contribution < -0.4 is 5.43 Å². The summed E-state index contributed by atoms with van der Waals surface area (Å²) in [5.74, 6) is -1.05. The number of amides is 1. The van der Waals surface area contributed by atoms with Gasteiger partial charge < -0.3 is 10.2 Å². The van der Waals surface area contributed by atoms with Crippen molar-refractivity contribution in [2.75, 3.05) is 13.1 Å². The highest BCUT2D eigenvalue weighted by atomic mass is 32.1. The number of nitrogens with zero attached hydrogens (tertiary/aromatic N) is 1. The summed E-state index contributed by atoms with van der Waals surface area (Å²) in [5.41, 5.74) is 4.32. The zero-order valence-corrected chi connectivity index (χ0v) is 15.5. The van der Waals surface area contributed by atoms with E-state index >= 15 is 0 Å². The summed E-state index contributed by atoms with van der Waals surface area (Å²) in [6.07, 6.45) is 1.28. The quantitative estimate of drug-likeness (QED) is 0.554. The van der Waals surface area contributed by atoms with Crippen LogP contribution in [0.15, 0.2) is 41.8 Å². The molecule has 0 spiro atoms. The summed E-state index contributed by atoms with van der Waals surface area (Å²) in [6.45, 7) is 2.47. The van der Waals surface area contributed by atoms with Crippen LogP contribution in [-0.4, -0.2) is 46.3 Å². The van der Waals surface area contributed by atoms with Crippen LogP contribution in [-0.2, 0) is 17.6 Å². The van der Waals surface area contributed by atoms with Gasteiger partial charge in [0.25, 0.3) is 0 Å². The predicted molar refractivity (Wildman–Crippen MR) is 101 cm³/mol. The van der Waals surface area contributed by atoms with Crippen LogP contribution in [0.3, 0.4) is 0 Å². The number of aromatic carboxylic acids is 1. The van der Waals surface area contributed by atoms with Gasteiger partial charge in [-0.25, -0.2) is 10.2 Å². The van der Waals surface area contributed by atoms with E-state index in [9.17, 15) is 14.7 Å². The minimum absolute atomic E-state index is 0.102. The topological polar surface area (TPSA) is 89.9 Å². The summed E-state index contributed by atoms with van der Waals surface area (Å²) in [7, 11) is 0. The number of aliphatic hydroxyl groups is 1. The highest BCUT2D eigenvalue weighted by Gasteiger charge is 2.12. The number of hydrogen-bond acceptors (Lipinski definition) is 5. The predicted octanol–water partition coefficient (Wildman–Crippen LogP) is 2.34. The molecule has 7 heteroatoms. The number of benzene rings is 1. The molecular weight excluding hydrogens is 352 g/mol. The summed E-state index contributed by atoms with van der Waals surface area (Å²) in [4.78, 5) is 23.7. The third-order valence-electron chi connectivity index (χ3n) is 4.00. The highest BCUT2D eigenvalue weighted by molar-refractivity contribution is 7.09. The first-order chi connectivity index (χ1) is 12.5. The Kier molecular flexibility index (Phi) is 7.77. The maximum absolute atomic E-state index is 11.8. The van der Waals surface area contributed by atoms with Crippen LogP contribution in [0.25, 0.3) is 0 Å². The molecule has 0 fully saturated rings. The van der Waals surface area contributed by atoms with Crippen molar-refractivity contribution in [3.8, 4) is 0 Å². The van der Waals surface area contributed by atoms with Crippen molar-refractivity contribution in [3.05, 3.63) is 57.8 Å². The molecule has 2 rings (SSSR count). The van der Waals surface area contributed by atoms with Crippen molar-refractivity contribution >= 4 is 23.2 Å². The molecule has 1 unspecified atom stereocenters. The lowest BCUT2D eigenvalue weighted by molar-refractivity contribution is -0.132. The van der Waals surface area contributed by atoms with Gasteiger partial charge in [0.2, 0.25) is 5.91 Å². The molecule has 6 nitrogen and oxygen atoms in total. The molecule has 0 aliphatic carbocycles. The van der Waals surface area contributed by atoms with Crippen LogP contribution in [0.5, 0.6) is 0 Å². The fourth-order valence-corrected chi connectivity index (χ4v) is 3.32. The van der Waals surface area contributed by atoms with Gasteiger partial charge in [0.05, 0.1) is 11.7 Å². The zero-order chi connectivity index (χ0) is 18.9. The molecular formula is C19H24N2O4S. The first kappa shape index (κ1) is 20.1. The van der Waals surface area contributed by atoms with Crippen molar-refractivity contribution in [2.24, 2.45) is 0 Å². The van der Waals surface area contributed by atoms with E-state index in [0.29, 0.717) is 32.4 Å². The Hall–Kier alpha value is -2.22. The summed E-state index contributed by atoms with van der Waals surface area (Å²) in [5, 5.41) is 22.5. The lowest BCUT2D eigenvalue weighted by Crippen LogP contribution is -2.44. The highest BCUT2D eigenvalue weighted by Crippen LogP contribution is 2.12. The number of aliphatic hydroxyl groups excluding tert-OH is 1. The van der Waals surface area contributed by atoms with E-state index in [1.54, 1.807) is 35.6 Å². The van der Waals surface area contributed by atoms with Crippen molar-refractivity contribution in [1.29, 1.82) is 0 Å². The Morgan fingerprint density at radius 1 is 1.23 bits per heavy atom. The zero-order valence-electron chi connectivity index (χ0n) is 14.7. The van der Waals surface area contributed by atoms with Gasteiger partial charge in [-0.05, 0) is 42.0 Å². The number of hydrogen-bond donors (Lipinski definition) is 3. The van der Waals surface area contributed by atoms with E-state index in [1.165, 1.54) is 11.9 Å². The Morgan fingerprint density at radius 2 is 1.96 bits per heavy atom. The van der Waals surface area contributed by atoms with Crippen molar-refractivity contribution in [1.82, 2.24) is 10.4 Å². The average Bonchev–Trinajstić information content (AvgIpc) is 3.10. The molecule has 3 N–H and O–H groups in total. The molecule has 2 aromatic rings. The van der Waals surface area contributed by atoms with Crippen molar-refractivity contribution in [2.45, 2.75) is 32.3 Å². The molecule has 0 saturated heterocycles. The minimum Gasteiger partial charge on any atom is -0.478 e. The minimum atomic E-state index is -0.946. The molecule has 1 atom stereocenters. The SMILES string of the molecule is CC(=O)N(CCC(O)Cc1cccs1)NCCc1ccc(C(=O)O)cc1. The number of rotatable bonds is 10. The first-order valence-electron chi connectivity index (χ1n) is 8.50. The van der Waals surface area contributed by atoms with Gasteiger partial charge in [-0.2, -0.15) is 0 Å². The largest absolute Gasteiger partial charge is 0.478 e. The van der Waals surface area contributed by atoms with Crippen LogP contribution >= 0.6 is 11.3 Å². The number of carbonyl (C=O) groups is 2. The number of nitrogens with one attached hydrogen (secondary N) is 1. The molecule has 1 amide bonds. The standard InChI is InChI=1S/C19H24N2O4S/c1-14(22)21(11-9-17(23)13-18-3-2-12-26-18)20-10-8-15-4-6-16(7-5-15)19(24)25/h2-7,12,17,20,23H,8-11,13H2,1H3,(H,24,25). The lowest BCUT2D eigenvalue weighted by atomic mass is 10.1. The molecule has 140 valence electrons. The number of carbonyl (C=O) groups excluding carboxylic acids is 1. The number of carboxylic acids is 1. The number of hydrazine groups is 1. The molecule has 0 aliphatic heterocycles. The molecule has 1 aromatic carbocycles. The second kappa shape index (κ2) is 10.1. The van der Waals surface area contributed by atoms with Gasteiger partial charge >= 0.3 is 5.97 Å². The number of carboxylic acid groups (broad SMARTS) is 1. The molecule has 0 aliphatic rings. The monoisotopic (exact) mass is 376 g/mol. The molecule has 26 heavy (non-hydrogen) atoms. The first-order valence-corrected chi connectivity index (χ1v) is 9.38. The van der Waals surface area contributed by atoms with Gasteiger partial charge in [-0.15, -0.1) is 11.3 Å². The third kappa shape index (κ3) is 6.59. The van der Waals surface area contributed by atoms with Crippen LogP contribution in [0.2, 0.25) is 0 Å². The Morgan fingerprint density at radius 3 is 2.54 bits per heavy atom. The molecule has 1 heterocycles. The maximum atomic E-state index is 11.8. The van der Waals surface area contributed by atoms with E-state index in [4.69, 9.17) is 5.11 Å². The van der Waals surface area contributed by atoms with E-state index in [0.717, 1.165) is 10.4 Å². The fraction of sp³-hybridized carbons (Fsp3) is 0.368. The third-order valence-corrected chi connectivity index (χ3v) is 4.90. The van der Waals surface area contributed by atoms with Crippen LogP contribution in [0, 0.1) is 0 Å². The second-order valence-corrected chi connectivity index (χ2v) is 7.09. The Balaban J connectivity index is 1.75. The summed E-state index contributed by atoms with van der Waals surface area (Å²) < 4.78 is 0. The van der Waals surface area contributed by atoms with E-state index in [1.807, 2.05) is 17.5 Å². The van der Waals surface area contributed by atoms with Crippen molar-refractivity contribution in [3.63, 3.8) is 0 Å². The van der Waals surface area contributed by atoms with E-state index < -0.39 is 12.1 Å². The second-order valence-electron chi connectivity index (χ2n) is 6.06. The summed E-state index contributed by atoms with van der Waals surface area (Å²) in [6, 6.07) is 10.6.